The summed E-state index contributed by atoms with van der Waals surface area (Å²) in [5.74, 6) is -6.04. The molecule has 10 atom stereocenters. The first-order valence-electron chi connectivity index (χ1n) is 13.4. The van der Waals surface area contributed by atoms with Gasteiger partial charge in [0.1, 0.15) is 37.6 Å². The number of esters is 7. The second-order valence-electron chi connectivity index (χ2n) is 9.69. The van der Waals surface area contributed by atoms with Gasteiger partial charge in [0.05, 0.1) is 0 Å². The summed E-state index contributed by atoms with van der Waals surface area (Å²) in [6.45, 7) is 6.09. The maximum absolute atomic E-state index is 12.2. The molecule has 0 aromatic carbocycles. The van der Waals surface area contributed by atoms with Gasteiger partial charge in [-0.3, -0.25) is 33.6 Å². The van der Waals surface area contributed by atoms with Gasteiger partial charge in [-0.2, -0.15) is 0 Å². The highest BCUT2D eigenvalue weighted by atomic mass is 128. The number of aliphatic hydroxyl groups excluding tert-OH is 1. The van der Waals surface area contributed by atoms with Gasteiger partial charge in [0.15, 0.2) is 24.6 Å². The Morgan fingerprint density at radius 3 is 1.30 bits per heavy atom. The van der Waals surface area contributed by atoms with Gasteiger partial charge in [-0.1, -0.05) is 0 Å². The molecular formula is C26H37I3O18. The normalized spacial score (nSPS) is 29.6. The summed E-state index contributed by atoms with van der Waals surface area (Å²) in [5.41, 5.74) is 0. The van der Waals surface area contributed by atoms with Crippen LogP contribution in [0.15, 0.2) is 0 Å². The number of carbonyl (C=O) groups is 7. The average molecular weight is 1020 g/mol. The molecular weight excluding hydrogens is 981 g/mol. The summed E-state index contributed by atoms with van der Waals surface area (Å²) in [6, 6.07) is 0. The summed E-state index contributed by atoms with van der Waals surface area (Å²) in [5, 5.41) is 10.9. The lowest BCUT2D eigenvalue weighted by molar-refractivity contribution is -0.357. The van der Waals surface area contributed by atoms with Crippen molar-refractivity contribution in [2.45, 2.75) is 110 Å². The second kappa shape index (κ2) is 22.1. The maximum Gasteiger partial charge on any atom is 0.305 e. The summed E-state index contributed by atoms with van der Waals surface area (Å²) >= 11 is 4.24. The molecule has 2 aliphatic heterocycles. The van der Waals surface area contributed by atoms with Crippen LogP contribution in [0.25, 0.3) is 0 Å². The van der Waals surface area contributed by atoms with Crippen molar-refractivity contribution in [3.05, 3.63) is 0 Å². The molecule has 21 heteroatoms. The van der Waals surface area contributed by atoms with Crippen molar-refractivity contribution in [3.8, 4) is 0 Å². The molecule has 4 unspecified atom stereocenters. The third-order valence-corrected chi connectivity index (χ3v) is 5.89. The Morgan fingerprint density at radius 2 is 0.872 bits per heavy atom. The molecule has 270 valence electrons. The highest BCUT2D eigenvalue weighted by molar-refractivity contribution is 15.0. The quantitative estimate of drug-likeness (QED) is 0.173. The van der Waals surface area contributed by atoms with Gasteiger partial charge >= 0.3 is 41.8 Å². The molecule has 18 nitrogen and oxygen atoms in total. The van der Waals surface area contributed by atoms with Crippen molar-refractivity contribution in [2.24, 2.45) is 0 Å². The van der Waals surface area contributed by atoms with Crippen molar-refractivity contribution in [1.82, 2.24) is 0 Å². The van der Waals surface area contributed by atoms with Gasteiger partial charge < -0.3 is 52.5 Å². The van der Waals surface area contributed by atoms with E-state index in [1.54, 1.807) is 0 Å². The number of carbonyl (C=O) groups excluding carboxylic acids is 7. The minimum Gasteiger partial charge on any atom is -0.463 e. The van der Waals surface area contributed by atoms with Crippen LogP contribution in [0.1, 0.15) is 48.5 Å². The van der Waals surface area contributed by atoms with Gasteiger partial charge in [-0.25, -0.2) is 0 Å². The predicted molar refractivity (Wildman–Crippen MR) is 179 cm³/mol. The van der Waals surface area contributed by atoms with Crippen molar-refractivity contribution in [2.75, 3.05) is 13.2 Å². The Bertz CT molecular complexity index is 1100. The van der Waals surface area contributed by atoms with E-state index in [-0.39, 0.29) is 24.0 Å². The van der Waals surface area contributed by atoms with Crippen molar-refractivity contribution in [1.29, 1.82) is 0 Å². The van der Waals surface area contributed by atoms with Crippen LogP contribution in [0.3, 0.4) is 0 Å². The number of aliphatic hydroxyl groups is 1. The molecule has 2 aliphatic rings. The Morgan fingerprint density at radius 1 is 0.511 bits per heavy atom. The van der Waals surface area contributed by atoms with Crippen LogP contribution < -0.4 is 0 Å². The zero-order valence-corrected chi connectivity index (χ0v) is 32.9. The van der Waals surface area contributed by atoms with Crippen molar-refractivity contribution in [3.63, 3.8) is 0 Å². The van der Waals surface area contributed by atoms with Crippen molar-refractivity contribution >= 4 is 103 Å². The highest BCUT2D eigenvalue weighted by Gasteiger charge is 2.57. The first kappa shape index (κ1) is 45.3. The fourth-order valence-corrected chi connectivity index (χ4v) is 4.41. The Kier molecular flexibility index (Phi) is 21.3. The van der Waals surface area contributed by atoms with Gasteiger partial charge in [-0.15, -0.1) is 24.0 Å². The Balaban J connectivity index is 0.00000691. The molecule has 0 radical (unpaired) electrons. The first-order valence-corrected chi connectivity index (χ1v) is 19.7. The van der Waals surface area contributed by atoms with E-state index in [0.717, 1.165) is 48.5 Å². The number of rotatable bonds is 11. The van der Waals surface area contributed by atoms with Crippen LogP contribution in [0.2, 0.25) is 0 Å². The first-order chi connectivity index (χ1) is 21.5. The van der Waals surface area contributed by atoms with Crippen LogP contribution in [0, 0.1) is 0 Å². The second-order valence-corrected chi connectivity index (χ2v) is 9.69. The van der Waals surface area contributed by atoms with Gasteiger partial charge in [0.2, 0.25) is 12.4 Å². The van der Waals surface area contributed by atoms with Crippen molar-refractivity contribution < 1.29 is 86.0 Å². The van der Waals surface area contributed by atoms with Crippen LogP contribution in [0.5, 0.6) is 0 Å². The SMILES string of the molecule is CC(=O)OCC1O[C@H](O[C@@H]2C(COC(C)=O)O[C@@H](OC(C)=O)C(OC(C)=O)[C@H]2OC(C)=O)C(OC(C)=O)[C@@H](OC(C)=O)[C@@H]1O.I.II. The van der Waals surface area contributed by atoms with E-state index in [0.29, 0.717) is 0 Å². The topological polar surface area (TPSA) is 232 Å². The lowest BCUT2D eigenvalue weighted by Crippen LogP contribution is -2.67. The predicted octanol–water partition coefficient (Wildman–Crippen LogP) is 0.988. The van der Waals surface area contributed by atoms with Gasteiger partial charge in [0, 0.05) is 85.7 Å². The molecule has 47 heavy (non-hydrogen) atoms. The smallest absolute Gasteiger partial charge is 0.305 e. The molecule has 0 spiro atoms. The van der Waals surface area contributed by atoms with E-state index < -0.39 is 116 Å². The molecule has 0 bridgehead atoms. The number of halogens is 3. The van der Waals surface area contributed by atoms with E-state index in [1.165, 1.54) is 0 Å². The third-order valence-electron chi connectivity index (χ3n) is 5.89. The molecule has 0 aromatic rings. The van der Waals surface area contributed by atoms with Crippen LogP contribution in [-0.2, 0) is 80.9 Å². The zero-order chi connectivity index (χ0) is 35.3. The minimum absolute atomic E-state index is 0. The molecule has 0 aromatic heterocycles. The molecule has 2 heterocycles. The fraction of sp³-hybridized carbons (Fsp3) is 0.731. The number of ether oxygens (including phenoxy) is 10. The number of hydrogen-bond donors (Lipinski definition) is 1. The molecule has 2 rings (SSSR count). The van der Waals surface area contributed by atoms with E-state index >= 15 is 0 Å². The molecule has 0 amide bonds. The standard InChI is InChI=1S/C26H36O18.I2.HI/c1-10(27)35-8-17-19(34)21(37-12(3)29)23(39-14(5)31)26(42-17)44-20-18(9-36-11(2)28)43-25(41-16(7)33)24(40-15(6)32)22(20)38-13(4)30;1-2;/h17-26,34H,8-9H2,1-7H3;;1H/t17?,18?,19-,20-,21+,22+,23?,24?,25-,26-;;/m1../s1. The fourth-order valence-electron chi connectivity index (χ4n) is 4.41. The average Bonchev–Trinajstić information content (AvgIpc) is 2.93. The zero-order valence-electron chi connectivity index (χ0n) is 26.2. The Labute approximate surface area is 310 Å². The maximum atomic E-state index is 12.2. The molecule has 2 saturated heterocycles. The molecule has 0 saturated carbocycles. The molecule has 2 fully saturated rings. The van der Waals surface area contributed by atoms with Crippen LogP contribution in [0.4, 0.5) is 0 Å². The molecule has 1 N–H and O–H groups in total. The van der Waals surface area contributed by atoms with Crippen LogP contribution >= 0.6 is 61.2 Å². The molecule has 0 aliphatic carbocycles. The van der Waals surface area contributed by atoms with E-state index in [9.17, 15) is 38.7 Å². The highest BCUT2D eigenvalue weighted by Crippen LogP contribution is 2.34. The summed E-state index contributed by atoms with van der Waals surface area (Å²) in [7, 11) is 0. The largest absolute Gasteiger partial charge is 0.463 e. The minimum atomic E-state index is -1.79. The number of hydrogen-bond acceptors (Lipinski definition) is 18. The Hall–Kier alpha value is -1.68. The third kappa shape index (κ3) is 15.2. The summed E-state index contributed by atoms with van der Waals surface area (Å²) < 4.78 is 54.1. The lowest BCUT2D eigenvalue weighted by atomic mass is 9.96. The van der Waals surface area contributed by atoms with E-state index in [1.807, 2.05) is 0 Å². The van der Waals surface area contributed by atoms with Gasteiger partial charge in [0.25, 0.3) is 0 Å². The summed E-state index contributed by atoms with van der Waals surface area (Å²) in [4.78, 5) is 83.3. The van der Waals surface area contributed by atoms with E-state index in [2.05, 4.69) is 37.2 Å². The summed E-state index contributed by atoms with van der Waals surface area (Å²) in [6.07, 6.45) is -16.3. The van der Waals surface area contributed by atoms with Gasteiger partial charge in [-0.05, 0) is 0 Å². The monoisotopic (exact) mass is 1020 g/mol. The lowest BCUT2D eigenvalue weighted by Gasteiger charge is -2.48. The van der Waals surface area contributed by atoms with E-state index in [4.69, 9.17) is 47.4 Å². The van der Waals surface area contributed by atoms with Crippen LogP contribution in [-0.4, -0.2) is 122 Å².